The summed E-state index contributed by atoms with van der Waals surface area (Å²) in [5.74, 6) is 0.481. The Morgan fingerprint density at radius 1 is 1.41 bits per heavy atom. The molecule has 0 spiro atoms. The molecule has 0 saturated carbocycles. The normalized spacial score (nSPS) is 10.1. The van der Waals surface area contributed by atoms with Crippen molar-refractivity contribution in [3.8, 4) is 17.1 Å². The van der Waals surface area contributed by atoms with Gasteiger partial charge in [0, 0.05) is 25.4 Å². The van der Waals surface area contributed by atoms with Gasteiger partial charge in [-0.15, -0.1) is 5.10 Å². The van der Waals surface area contributed by atoms with Crippen LogP contribution in [0.1, 0.15) is 6.92 Å². The zero-order chi connectivity index (χ0) is 16.1. The standard InChI is InChI=1S/C12H15N7O3/c1-3-14-12(21)16-8-5-4-7(6-15-8)9-10(22-11(13)20)19(2)18-17-9/h4-6H,3H2,1-2H3,(H2,13,20)(H2,14,15,16,21). The highest BCUT2D eigenvalue weighted by molar-refractivity contribution is 5.88. The van der Waals surface area contributed by atoms with Crippen molar-refractivity contribution < 1.29 is 14.3 Å². The van der Waals surface area contributed by atoms with Gasteiger partial charge in [-0.1, -0.05) is 5.21 Å². The first-order valence-electron chi connectivity index (χ1n) is 6.39. The average molecular weight is 305 g/mol. The predicted octanol–water partition coefficient (Wildman–Crippen LogP) is 0.476. The van der Waals surface area contributed by atoms with Crippen LogP contribution in [-0.4, -0.2) is 38.6 Å². The number of carbonyl (C=O) groups is 2. The van der Waals surface area contributed by atoms with Crippen molar-refractivity contribution in [2.24, 2.45) is 12.8 Å². The molecule has 0 radical (unpaired) electrons. The van der Waals surface area contributed by atoms with Crippen LogP contribution in [0.3, 0.4) is 0 Å². The molecule has 0 atom stereocenters. The van der Waals surface area contributed by atoms with E-state index in [2.05, 4.69) is 25.9 Å². The van der Waals surface area contributed by atoms with Gasteiger partial charge in [-0.3, -0.25) is 5.32 Å². The number of rotatable bonds is 4. The minimum atomic E-state index is -0.964. The molecule has 0 aliphatic heterocycles. The summed E-state index contributed by atoms with van der Waals surface area (Å²) in [5, 5.41) is 12.8. The van der Waals surface area contributed by atoms with Crippen molar-refractivity contribution >= 4 is 17.9 Å². The smallest absolute Gasteiger partial charge is 0.389 e. The minimum absolute atomic E-state index is 0.110. The Morgan fingerprint density at radius 3 is 2.77 bits per heavy atom. The van der Waals surface area contributed by atoms with Gasteiger partial charge in [0.2, 0.25) is 0 Å². The minimum Gasteiger partial charge on any atom is -0.389 e. The monoisotopic (exact) mass is 305 g/mol. The maximum Gasteiger partial charge on any atom is 0.411 e. The van der Waals surface area contributed by atoms with Gasteiger partial charge in [-0.25, -0.2) is 19.3 Å². The van der Waals surface area contributed by atoms with E-state index in [0.717, 1.165) is 0 Å². The molecule has 2 heterocycles. The number of ether oxygens (including phenoxy) is 1. The van der Waals surface area contributed by atoms with Gasteiger partial charge >= 0.3 is 12.1 Å². The van der Waals surface area contributed by atoms with E-state index in [4.69, 9.17) is 10.5 Å². The van der Waals surface area contributed by atoms with Crippen LogP contribution in [0.2, 0.25) is 0 Å². The second-order valence-electron chi connectivity index (χ2n) is 4.20. The Morgan fingerprint density at radius 2 is 2.18 bits per heavy atom. The maximum atomic E-state index is 11.4. The van der Waals surface area contributed by atoms with Crippen LogP contribution in [0.25, 0.3) is 11.3 Å². The van der Waals surface area contributed by atoms with E-state index in [1.54, 1.807) is 19.2 Å². The Kier molecular flexibility index (Phi) is 4.51. The number of aromatic nitrogens is 4. The highest BCUT2D eigenvalue weighted by atomic mass is 16.6. The predicted molar refractivity (Wildman–Crippen MR) is 77.1 cm³/mol. The zero-order valence-corrected chi connectivity index (χ0v) is 12.0. The van der Waals surface area contributed by atoms with Gasteiger partial charge < -0.3 is 15.8 Å². The van der Waals surface area contributed by atoms with Gasteiger partial charge in [-0.05, 0) is 19.1 Å². The van der Waals surface area contributed by atoms with Crippen LogP contribution in [0, 0.1) is 0 Å². The molecular weight excluding hydrogens is 290 g/mol. The number of hydrogen-bond donors (Lipinski definition) is 3. The third-order valence-electron chi connectivity index (χ3n) is 2.59. The van der Waals surface area contributed by atoms with Crippen molar-refractivity contribution in [1.82, 2.24) is 25.3 Å². The van der Waals surface area contributed by atoms with E-state index in [1.165, 1.54) is 10.9 Å². The number of nitrogens with two attached hydrogens (primary N) is 1. The van der Waals surface area contributed by atoms with Crippen LogP contribution >= 0.6 is 0 Å². The lowest BCUT2D eigenvalue weighted by atomic mass is 10.2. The summed E-state index contributed by atoms with van der Waals surface area (Å²) in [6.45, 7) is 2.32. The molecule has 3 amide bonds. The number of nitrogens with zero attached hydrogens (tertiary/aromatic N) is 4. The Hall–Kier alpha value is -3.17. The first kappa shape index (κ1) is 15.2. The van der Waals surface area contributed by atoms with Crippen molar-refractivity contribution in [1.29, 1.82) is 0 Å². The van der Waals surface area contributed by atoms with Crippen molar-refractivity contribution in [3.63, 3.8) is 0 Å². The van der Waals surface area contributed by atoms with E-state index in [0.29, 0.717) is 23.6 Å². The highest BCUT2D eigenvalue weighted by Crippen LogP contribution is 2.26. The molecule has 0 aliphatic rings. The molecule has 10 nitrogen and oxygen atoms in total. The first-order chi connectivity index (χ1) is 10.5. The number of aryl methyl sites for hydroxylation is 1. The van der Waals surface area contributed by atoms with Gasteiger partial charge in [0.05, 0.1) is 0 Å². The molecule has 0 bridgehead atoms. The van der Waals surface area contributed by atoms with Crippen LogP contribution in [-0.2, 0) is 7.05 Å². The molecule has 2 aromatic rings. The van der Waals surface area contributed by atoms with Gasteiger partial charge in [-0.2, -0.15) is 0 Å². The van der Waals surface area contributed by atoms with Crippen LogP contribution in [0.4, 0.5) is 15.4 Å². The van der Waals surface area contributed by atoms with E-state index in [9.17, 15) is 9.59 Å². The molecule has 0 aromatic carbocycles. The molecular formula is C12H15N7O3. The van der Waals surface area contributed by atoms with E-state index < -0.39 is 6.09 Å². The number of pyridine rings is 1. The molecule has 116 valence electrons. The van der Waals surface area contributed by atoms with Crippen LogP contribution in [0.15, 0.2) is 18.3 Å². The lowest BCUT2D eigenvalue weighted by Gasteiger charge is -2.06. The molecule has 4 N–H and O–H groups in total. The quantitative estimate of drug-likeness (QED) is 0.751. The van der Waals surface area contributed by atoms with Gasteiger partial charge in [0.1, 0.15) is 5.82 Å². The highest BCUT2D eigenvalue weighted by Gasteiger charge is 2.17. The molecule has 0 fully saturated rings. The number of hydrogen-bond acceptors (Lipinski definition) is 6. The van der Waals surface area contributed by atoms with Crippen LogP contribution in [0.5, 0.6) is 5.88 Å². The van der Waals surface area contributed by atoms with Crippen molar-refractivity contribution in [2.45, 2.75) is 6.92 Å². The fraction of sp³-hybridized carbons (Fsp3) is 0.250. The maximum absolute atomic E-state index is 11.4. The number of amides is 3. The Bertz CT molecular complexity index is 681. The summed E-state index contributed by atoms with van der Waals surface area (Å²) < 4.78 is 6.15. The SMILES string of the molecule is CCNC(=O)Nc1ccc(-c2nnn(C)c2OC(N)=O)cn1. The van der Waals surface area contributed by atoms with Gasteiger partial charge in [0.15, 0.2) is 5.69 Å². The zero-order valence-electron chi connectivity index (χ0n) is 12.0. The summed E-state index contributed by atoms with van der Waals surface area (Å²) in [6.07, 6.45) is 0.508. The van der Waals surface area contributed by atoms with Crippen molar-refractivity contribution in [3.05, 3.63) is 18.3 Å². The summed E-state index contributed by atoms with van der Waals surface area (Å²) >= 11 is 0. The lowest BCUT2D eigenvalue weighted by molar-refractivity contribution is 0.207. The molecule has 22 heavy (non-hydrogen) atoms. The van der Waals surface area contributed by atoms with E-state index >= 15 is 0 Å². The molecule has 0 unspecified atom stereocenters. The first-order valence-corrected chi connectivity index (χ1v) is 6.39. The van der Waals surface area contributed by atoms with Crippen molar-refractivity contribution in [2.75, 3.05) is 11.9 Å². The molecule has 0 aliphatic carbocycles. The summed E-state index contributed by atoms with van der Waals surface area (Å²) in [4.78, 5) is 26.4. The fourth-order valence-electron chi connectivity index (χ4n) is 1.67. The molecule has 2 aromatic heterocycles. The second-order valence-corrected chi connectivity index (χ2v) is 4.20. The molecule has 2 rings (SSSR count). The summed E-state index contributed by atoms with van der Waals surface area (Å²) in [5.41, 5.74) is 5.89. The number of nitrogens with one attached hydrogen (secondary N) is 2. The molecule has 0 saturated heterocycles. The third-order valence-corrected chi connectivity index (χ3v) is 2.59. The van der Waals surface area contributed by atoms with E-state index in [-0.39, 0.29) is 11.9 Å². The second kappa shape index (κ2) is 6.52. The molecule has 10 heteroatoms. The Balaban J connectivity index is 2.20. The Labute approximate surface area is 125 Å². The van der Waals surface area contributed by atoms with Gasteiger partial charge in [0.25, 0.3) is 5.88 Å². The number of urea groups is 1. The van der Waals surface area contributed by atoms with E-state index in [1.807, 2.05) is 6.92 Å². The summed E-state index contributed by atoms with van der Waals surface area (Å²) in [6, 6.07) is 2.90. The number of anilines is 1. The lowest BCUT2D eigenvalue weighted by Crippen LogP contribution is -2.28. The largest absolute Gasteiger partial charge is 0.411 e. The third kappa shape index (κ3) is 3.48. The fourth-order valence-corrected chi connectivity index (χ4v) is 1.67. The number of primary amides is 1. The number of carbonyl (C=O) groups excluding carboxylic acids is 2. The topological polar surface area (TPSA) is 137 Å². The summed E-state index contributed by atoms with van der Waals surface area (Å²) in [7, 11) is 1.56. The average Bonchev–Trinajstić information content (AvgIpc) is 2.81. The van der Waals surface area contributed by atoms with Crippen LogP contribution < -0.4 is 21.1 Å².